The largest absolute Gasteiger partial charge is 0.384 e. The number of rotatable bonds is 5. The Morgan fingerprint density at radius 1 is 1.38 bits per heavy atom. The van der Waals surface area contributed by atoms with Gasteiger partial charge in [-0.15, -0.1) is 0 Å². The Bertz CT molecular complexity index is 369. The molecule has 2 N–H and O–H groups in total. The minimum absolute atomic E-state index is 0.0788. The van der Waals surface area contributed by atoms with Crippen LogP contribution in [0.1, 0.15) is 12.8 Å². The van der Waals surface area contributed by atoms with Gasteiger partial charge in [-0.05, 0) is 40.5 Å². The summed E-state index contributed by atoms with van der Waals surface area (Å²) < 4.78 is 2.06. The van der Waals surface area contributed by atoms with Crippen LogP contribution in [0.4, 0.5) is 5.69 Å². The number of hydrogen-bond donors (Lipinski definition) is 2. The maximum atomic E-state index is 11.0. The van der Waals surface area contributed by atoms with Gasteiger partial charge < -0.3 is 10.6 Å². The Hall–Kier alpha value is -0.550. The topological polar surface area (TPSA) is 41.1 Å². The van der Waals surface area contributed by atoms with Crippen LogP contribution in [0.2, 0.25) is 0 Å². The van der Waals surface area contributed by atoms with Gasteiger partial charge in [0.1, 0.15) is 0 Å². The van der Waals surface area contributed by atoms with Gasteiger partial charge in [0.05, 0.1) is 0 Å². The third-order valence-electron chi connectivity index (χ3n) is 2.10. The summed E-state index contributed by atoms with van der Waals surface area (Å²) in [5, 5.41) is 5.88. The number of hydrogen-bond acceptors (Lipinski definition) is 2. The number of halogens is 2. The number of nitrogens with one attached hydrogen (secondary N) is 2. The first-order valence-corrected chi connectivity index (χ1v) is 6.61. The fourth-order valence-corrected chi connectivity index (χ4v) is 1.98. The van der Waals surface area contributed by atoms with Crippen LogP contribution in [0.25, 0.3) is 0 Å². The first-order valence-electron chi connectivity index (χ1n) is 5.03. The van der Waals surface area contributed by atoms with Crippen LogP contribution in [-0.2, 0) is 4.79 Å². The van der Waals surface area contributed by atoms with Crippen molar-refractivity contribution in [3.8, 4) is 0 Å². The van der Waals surface area contributed by atoms with E-state index in [0.29, 0.717) is 6.42 Å². The SMILES string of the molecule is CNC(=O)CCCNc1cc(Br)ccc1Br. The van der Waals surface area contributed by atoms with Crippen molar-refractivity contribution in [2.75, 3.05) is 18.9 Å². The van der Waals surface area contributed by atoms with E-state index in [1.165, 1.54) is 0 Å². The second kappa shape index (κ2) is 6.91. The third kappa shape index (κ3) is 4.53. The number of carbonyl (C=O) groups excluding carboxylic acids is 1. The molecule has 0 atom stereocenters. The molecule has 1 rings (SSSR count). The summed E-state index contributed by atoms with van der Waals surface area (Å²) in [5.74, 6) is 0.0788. The first kappa shape index (κ1) is 13.5. The zero-order valence-corrected chi connectivity index (χ0v) is 12.2. The fourth-order valence-electron chi connectivity index (χ4n) is 1.23. The molecule has 1 aromatic carbocycles. The van der Waals surface area contributed by atoms with Gasteiger partial charge in [0, 0.05) is 34.6 Å². The molecule has 1 amide bonds. The highest BCUT2D eigenvalue weighted by atomic mass is 79.9. The van der Waals surface area contributed by atoms with E-state index in [2.05, 4.69) is 42.5 Å². The van der Waals surface area contributed by atoms with Crippen molar-refractivity contribution >= 4 is 43.5 Å². The molecule has 0 unspecified atom stereocenters. The molecule has 0 heterocycles. The van der Waals surface area contributed by atoms with Crippen molar-refractivity contribution in [2.45, 2.75) is 12.8 Å². The van der Waals surface area contributed by atoms with Crippen molar-refractivity contribution < 1.29 is 4.79 Å². The Balaban J connectivity index is 2.37. The van der Waals surface area contributed by atoms with Gasteiger partial charge in [0.25, 0.3) is 0 Å². The maximum absolute atomic E-state index is 11.0. The second-order valence-corrected chi connectivity index (χ2v) is 5.10. The summed E-state index contributed by atoms with van der Waals surface area (Å²) in [6.07, 6.45) is 1.37. The van der Waals surface area contributed by atoms with Gasteiger partial charge in [0.15, 0.2) is 0 Å². The van der Waals surface area contributed by atoms with Crippen LogP contribution in [0.5, 0.6) is 0 Å². The van der Waals surface area contributed by atoms with Crippen LogP contribution < -0.4 is 10.6 Å². The molecule has 88 valence electrons. The molecule has 3 nitrogen and oxygen atoms in total. The predicted octanol–water partition coefficient (Wildman–Crippen LogP) is 3.15. The van der Waals surface area contributed by atoms with Crippen molar-refractivity contribution in [1.82, 2.24) is 5.32 Å². The zero-order valence-electron chi connectivity index (χ0n) is 9.02. The Labute approximate surface area is 112 Å². The lowest BCUT2D eigenvalue weighted by molar-refractivity contribution is -0.120. The summed E-state index contributed by atoms with van der Waals surface area (Å²) in [4.78, 5) is 11.0. The highest BCUT2D eigenvalue weighted by molar-refractivity contribution is 9.11. The summed E-state index contributed by atoms with van der Waals surface area (Å²) in [6.45, 7) is 0.780. The molecule has 0 bridgehead atoms. The predicted molar refractivity (Wildman–Crippen MR) is 73.6 cm³/mol. The number of carbonyl (C=O) groups is 1. The van der Waals surface area contributed by atoms with E-state index in [4.69, 9.17) is 0 Å². The highest BCUT2D eigenvalue weighted by Gasteiger charge is 2.01. The quantitative estimate of drug-likeness (QED) is 0.802. The van der Waals surface area contributed by atoms with Gasteiger partial charge >= 0.3 is 0 Å². The molecule has 0 radical (unpaired) electrons. The minimum atomic E-state index is 0.0788. The molecule has 0 saturated carbocycles. The molecule has 0 aliphatic rings. The van der Waals surface area contributed by atoms with Gasteiger partial charge in [-0.2, -0.15) is 0 Å². The summed E-state index contributed by atoms with van der Waals surface area (Å²) in [5.41, 5.74) is 1.03. The van der Waals surface area contributed by atoms with E-state index in [9.17, 15) is 4.79 Å². The summed E-state index contributed by atoms with van der Waals surface area (Å²) in [7, 11) is 1.65. The van der Waals surface area contributed by atoms with Crippen molar-refractivity contribution in [1.29, 1.82) is 0 Å². The van der Waals surface area contributed by atoms with E-state index in [-0.39, 0.29) is 5.91 Å². The molecule has 5 heteroatoms. The average molecular weight is 350 g/mol. The Morgan fingerprint density at radius 3 is 2.81 bits per heavy atom. The molecule has 1 aromatic rings. The molecule has 0 saturated heterocycles. The molecular weight excluding hydrogens is 336 g/mol. The maximum Gasteiger partial charge on any atom is 0.219 e. The van der Waals surface area contributed by atoms with Crippen LogP contribution in [0, 0.1) is 0 Å². The Morgan fingerprint density at radius 2 is 2.12 bits per heavy atom. The van der Waals surface area contributed by atoms with Gasteiger partial charge in [0.2, 0.25) is 5.91 Å². The monoisotopic (exact) mass is 348 g/mol. The smallest absolute Gasteiger partial charge is 0.219 e. The zero-order chi connectivity index (χ0) is 12.0. The van der Waals surface area contributed by atoms with E-state index in [1.807, 2.05) is 18.2 Å². The number of amides is 1. The highest BCUT2D eigenvalue weighted by Crippen LogP contribution is 2.25. The average Bonchev–Trinajstić information content (AvgIpc) is 2.28. The lowest BCUT2D eigenvalue weighted by atomic mass is 10.2. The fraction of sp³-hybridized carbons (Fsp3) is 0.364. The molecular formula is C11H14Br2N2O. The second-order valence-electron chi connectivity index (χ2n) is 3.33. The first-order chi connectivity index (χ1) is 7.63. The van der Waals surface area contributed by atoms with Crippen LogP contribution in [0.3, 0.4) is 0 Å². The van der Waals surface area contributed by atoms with Gasteiger partial charge in [-0.25, -0.2) is 0 Å². The standard InChI is InChI=1S/C11H14Br2N2O/c1-14-11(16)3-2-6-15-10-7-8(12)4-5-9(10)13/h4-5,7,15H,2-3,6H2,1H3,(H,14,16). The van der Waals surface area contributed by atoms with Crippen LogP contribution >= 0.6 is 31.9 Å². The lowest BCUT2D eigenvalue weighted by Crippen LogP contribution is -2.18. The van der Waals surface area contributed by atoms with Crippen molar-refractivity contribution in [2.24, 2.45) is 0 Å². The molecule has 0 aromatic heterocycles. The molecule has 16 heavy (non-hydrogen) atoms. The normalized spacial score (nSPS) is 9.94. The van der Waals surface area contributed by atoms with Crippen molar-refractivity contribution in [3.05, 3.63) is 27.1 Å². The molecule has 0 spiro atoms. The van der Waals surface area contributed by atoms with Crippen LogP contribution in [0.15, 0.2) is 27.1 Å². The lowest BCUT2D eigenvalue weighted by Gasteiger charge is -2.08. The summed E-state index contributed by atoms with van der Waals surface area (Å²) in [6, 6.07) is 5.95. The van der Waals surface area contributed by atoms with E-state index in [1.54, 1.807) is 7.05 Å². The molecule has 0 aliphatic heterocycles. The molecule has 0 aliphatic carbocycles. The van der Waals surface area contributed by atoms with Crippen LogP contribution in [-0.4, -0.2) is 19.5 Å². The Kier molecular flexibility index (Phi) is 5.84. The van der Waals surface area contributed by atoms with E-state index < -0.39 is 0 Å². The van der Waals surface area contributed by atoms with Gasteiger partial charge in [-0.1, -0.05) is 15.9 Å². The number of benzene rings is 1. The summed E-state index contributed by atoms with van der Waals surface area (Å²) >= 11 is 6.88. The molecule has 0 fully saturated rings. The van der Waals surface area contributed by atoms with Crippen molar-refractivity contribution in [3.63, 3.8) is 0 Å². The van der Waals surface area contributed by atoms with Gasteiger partial charge in [-0.3, -0.25) is 4.79 Å². The van der Waals surface area contributed by atoms with E-state index >= 15 is 0 Å². The van der Waals surface area contributed by atoms with E-state index in [0.717, 1.165) is 27.6 Å². The third-order valence-corrected chi connectivity index (χ3v) is 3.29. The number of anilines is 1. The minimum Gasteiger partial charge on any atom is -0.384 e.